The fourth-order valence-electron chi connectivity index (χ4n) is 5.23. The lowest BCUT2D eigenvalue weighted by atomic mass is 10.0. The lowest BCUT2D eigenvalue weighted by Crippen LogP contribution is -2.35. The van der Waals surface area contributed by atoms with Crippen molar-refractivity contribution in [3.8, 4) is 0 Å². The Bertz CT molecular complexity index is 1210. The predicted molar refractivity (Wildman–Crippen MR) is 137 cm³/mol. The Morgan fingerprint density at radius 2 is 1.25 bits per heavy atom. The number of hydrogen-bond acceptors (Lipinski definition) is 2. The van der Waals surface area contributed by atoms with Crippen molar-refractivity contribution in [2.24, 2.45) is 0 Å². The molecule has 2 atom stereocenters. The standard InChI is InChI=1S/C29H30NOP/c1-22-17-18-23(2)30(22)21-28-27-16-10-9-11-24(27)19-20-29(28)32(31,25-12-5-3-6-13-25)26-14-7-4-8-15-26/h3-16,19-20,22-23H,17-18,21H2,1-2H3/t22-,23-/m1/s1. The molecular formula is C29H30NOP. The van der Waals surface area contributed by atoms with Crippen LogP contribution < -0.4 is 15.9 Å². The van der Waals surface area contributed by atoms with Crippen molar-refractivity contribution in [1.29, 1.82) is 0 Å². The van der Waals surface area contributed by atoms with Crippen LogP contribution in [-0.2, 0) is 11.1 Å². The summed E-state index contributed by atoms with van der Waals surface area (Å²) in [4.78, 5) is 2.59. The van der Waals surface area contributed by atoms with Crippen molar-refractivity contribution in [3.05, 3.63) is 103 Å². The molecule has 0 aromatic heterocycles. The summed E-state index contributed by atoms with van der Waals surface area (Å²) in [6, 6.07) is 33.9. The number of rotatable bonds is 5. The van der Waals surface area contributed by atoms with Crippen LogP contribution in [0.5, 0.6) is 0 Å². The fourth-order valence-corrected chi connectivity index (χ4v) is 8.13. The minimum Gasteiger partial charge on any atom is -0.309 e. The molecule has 1 saturated heterocycles. The summed E-state index contributed by atoms with van der Waals surface area (Å²) >= 11 is 0. The van der Waals surface area contributed by atoms with Crippen molar-refractivity contribution < 1.29 is 4.57 Å². The summed E-state index contributed by atoms with van der Waals surface area (Å²) in [5.74, 6) is 0. The Hall–Kier alpha value is -2.67. The van der Waals surface area contributed by atoms with Gasteiger partial charge in [-0.3, -0.25) is 4.90 Å². The molecule has 3 heteroatoms. The molecule has 1 aliphatic heterocycles. The molecule has 32 heavy (non-hydrogen) atoms. The minimum absolute atomic E-state index is 0.532. The molecular weight excluding hydrogens is 409 g/mol. The van der Waals surface area contributed by atoms with Crippen LogP contribution >= 0.6 is 7.14 Å². The maximum Gasteiger partial charge on any atom is 0.171 e. The molecule has 0 spiro atoms. The molecule has 4 aromatic rings. The van der Waals surface area contributed by atoms with Gasteiger partial charge in [0.25, 0.3) is 0 Å². The number of nitrogens with zero attached hydrogens (tertiary/aromatic N) is 1. The Morgan fingerprint density at radius 1 is 0.719 bits per heavy atom. The lowest BCUT2D eigenvalue weighted by molar-refractivity contribution is 0.206. The smallest absolute Gasteiger partial charge is 0.171 e. The molecule has 2 nitrogen and oxygen atoms in total. The van der Waals surface area contributed by atoms with Crippen LogP contribution in [0.2, 0.25) is 0 Å². The van der Waals surface area contributed by atoms with Gasteiger partial charge < -0.3 is 4.57 Å². The Balaban J connectivity index is 1.79. The molecule has 0 saturated carbocycles. The second kappa shape index (κ2) is 8.70. The lowest BCUT2D eigenvalue weighted by Gasteiger charge is -2.30. The third kappa shape index (κ3) is 3.62. The Morgan fingerprint density at radius 3 is 1.84 bits per heavy atom. The van der Waals surface area contributed by atoms with Crippen molar-refractivity contribution in [1.82, 2.24) is 4.90 Å². The minimum atomic E-state index is -3.04. The van der Waals surface area contributed by atoms with E-state index in [4.69, 9.17) is 0 Å². The third-order valence-corrected chi connectivity index (χ3v) is 10.2. The van der Waals surface area contributed by atoms with Gasteiger partial charge in [-0.05, 0) is 49.1 Å². The summed E-state index contributed by atoms with van der Waals surface area (Å²) < 4.78 is 15.2. The number of fused-ring (bicyclic) bond motifs is 1. The first kappa shape index (κ1) is 21.2. The van der Waals surface area contributed by atoms with Crippen LogP contribution in [0.15, 0.2) is 97.1 Å². The summed E-state index contributed by atoms with van der Waals surface area (Å²) in [6.45, 7) is 5.47. The third-order valence-electron chi connectivity index (χ3n) is 7.07. The molecule has 162 valence electrons. The van der Waals surface area contributed by atoms with E-state index in [1.807, 2.05) is 60.7 Å². The van der Waals surface area contributed by atoms with Crippen LogP contribution in [0.3, 0.4) is 0 Å². The summed E-state index contributed by atoms with van der Waals surface area (Å²) in [6.07, 6.45) is 2.44. The summed E-state index contributed by atoms with van der Waals surface area (Å²) in [7, 11) is -3.04. The van der Waals surface area contributed by atoms with Crippen molar-refractivity contribution in [3.63, 3.8) is 0 Å². The average molecular weight is 440 g/mol. The van der Waals surface area contributed by atoms with Crippen LogP contribution in [0.25, 0.3) is 10.8 Å². The highest BCUT2D eigenvalue weighted by atomic mass is 31.2. The molecule has 1 fully saturated rings. The highest BCUT2D eigenvalue weighted by Crippen LogP contribution is 2.45. The van der Waals surface area contributed by atoms with E-state index in [0.29, 0.717) is 12.1 Å². The van der Waals surface area contributed by atoms with Crippen LogP contribution in [-0.4, -0.2) is 17.0 Å². The first-order valence-electron chi connectivity index (χ1n) is 11.6. The SMILES string of the molecule is C[C@@H]1CC[C@@H](C)N1Cc1c(P(=O)(c2ccccc2)c2ccccc2)ccc2ccccc12. The molecule has 0 N–H and O–H groups in total. The van der Waals surface area contributed by atoms with E-state index in [2.05, 4.69) is 55.1 Å². The topological polar surface area (TPSA) is 20.3 Å². The highest BCUT2D eigenvalue weighted by Gasteiger charge is 2.35. The molecule has 1 heterocycles. The number of hydrogen-bond donors (Lipinski definition) is 0. The van der Waals surface area contributed by atoms with Gasteiger partial charge in [-0.15, -0.1) is 0 Å². The molecule has 1 aliphatic rings. The second-order valence-electron chi connectivity index (χ2n) is 9.01. The zero-order chi connectivity index (χ0) is 22.1. The van der Waals surface area contributed by atoms with E-state index < -0.39 is 7.14 Å². The van der Waals surface area contributed by atoms with E-state index >= 15 is 4.57 Å². The predicted octanol–water partition coefficient (Wildman–Crippen LogP) is 5.85. The van der Waals surface area contributed by atoms with Gasteiger partial charge in [-0.25, -0.2) is 0 Å². The maximum atomic E-state index is 15.2. The van der Waals surface area contributed by atoms with Gasteiger partial charge in [0.2, 0.25) is 0 Å². The summed E-state index contributed by atoms with van der Waals surface area (Å²) in [5, 5.41) is 5.18. The fraction of sp³-hybridized carbons (Fsp3) is 0.241. The van der Waals surface area contributed by atoms with E-state index in [1.54, 1.807) is 0 Å². The van der Waals surface area contributed by atoms with Gasteiger partial charge >= 0.3 is 0 Å². The van der Waals surface area contributed by atoms with E-state index in [1.165, 1.54) is 29.2 Å². The largest absolute Gasteiger partial charge is 0.309 e. The molecule has 4 aromatic carbocycles. The van der Waals surface area contributed by atoms with Crippen molar-refractivity contribution in [2.75, 3.05) is 0 Å². The second-order valence-corrected chi connectivity index (χ2v) is 11.7. The van der Waals surface area contributed by atoms with Gasteiger partial charge in [0.05, 0.1) is 0 Å². The monoisotopic (exact) mass is 439 g/mol. The maximum absolute atomic E-state index is 15.2. The molecule has 0 aliphatic carbocycles. The van der Waals surface area contributed by atoms with E-state index in [9.17, 15) is 0 Å². The first-order chi connectivity index (χ1) is 15.6. The quantitative estimate of drug-likeness (QED) is 0.364. The zero-order valence-corrected chi connectivity index (χ0v) is 19.7. The molecule has 0 radical (unpaired) electrons. The van der Waals surface area contributed by atoms with Gasteiger partial charge in [-0.1, -0.05) is 91.0 Å². The van der Waals surface area contributed by atoms with E-state index in [0.717, 1.165) is 22.5 Å². The van der Waals surface area contributed by atoms with Crippen LogP contribution in [0, 0.1) is 0 Å². The van der Waals surface area contributed by atoms with Crippen LogP contribution in [0.4, 0.5) is 0 Å². The van der Waals surface area contributed by atoms with Gasteiger partial charge in [-0.2, -0.15) is 0 Å². The normalized spacial score (nSPS) is 19.4. The van der Waals surface area contributed by atoms with Crippen LogP contribution in [0.1, 0.15) is 32.3 Å². The molecule has 5 rings (SSSR count). The number of benzene rings is 4. The Kier molecular flexibility index (Phi) is 5.76. The molecule has 0 amide bonds. The van der Waals surface area contributed by atoms with Crippen molar-refractivity contribution in [2.45, 2.75) is 45.3 Å². The number of likely N-dealkylation sites (tertiary alicyclic amines) is 1. The first-order valence-corrected chi connectivity index (χ1v) is 13.3. The molecule has 0 bridgehead atoms. The average Bonchev–Trinajstić information content (AvgIpc) is 3.17. The van der Waals surface area contributed by atoms with Gasteiger partial charge in [0.1, 0.15) is 0 Å². The molecule has 0 unspecified atom stereocenters. The van der Waals surface area contributed by atoms with Gasteiger partial charge in [0.15, 0.2) is 7.14 Å². The summed E-state index contributed by atoms with van der Waals surface area (Å²) in [5.41, 5.74) is 1.21. The highest BCUT2D eigenvalue weighted by molar-refractivity contribution is 7.85. The van der Waals surface area contributed by atoms with Crippen molar-refractivity contribution >= 4 is 33.8 Å². The van der Waals surface area contributed by atoms with Gasteiger partial charge in [0, 0.05) is 34.5 Å². The van der Waals surface area contributed by atoms with E-state index in [-0.39, 0.29) is 0 Å². The zero-order valence-electron chi connectivity index (χ0n) is 18.8. The Labute approximate surface area is 191 Å².